The number of nitrogens with two attached hydrogens (primary N) is 1. The number of hydrogen-bond donors (Lipinski definition) is 2. The van der Waals surface area contributed by atoms with E-state index in [-0.39, 0.29) is 5.54 Å². The summed E-state index contributed by atoms with van der Waals surface area (Å²) in [6.07, 6.45) is 5.17. The number of hydrogen-bond acceptors (Lipinski definition) is 3. The van der Waals surface area contributed by atoms with Crippen LogP contribution in [0.2, 0.25) is 0 Å². The third kappa shape index (κ3) is 1.19. The van der Waals surface area contributed by atoms with Crippen LogP contribution in [0.25, 0.3) is 0 Å². The Balaban J connectivity index is 2.07. The molecule has 0 spiro atoms. The summed E-state index contributed by atoms with van der Waals surface area (Å²) in [5.74, 6) is 2.17. The standard InChI is InChI=1S/C9H17NOS/c10-8(3-2-6-12-7-8)9(11)4-1-5-9/h11H,1-7,10H2. The summed E-state index contributed by atoms with van der Waals surface area (Å²) in [6.45, 7) is 0. The molecule has 0 bridgehead atoms. The molecule has 3 N–H and O–H groups in total. The Morgan fingerprint density at radius 2 is 1.92 bits per heavy atom. The molecule has 12 heavy (non-hydrogen) atoms. The van der Waals surface area contributed by atoms with Crippen molar-refractivity contribution in [2.24, 2.45) is 5.73 Å². The Kier molecular flexibility index (Phi) is 2.13. The average molecular weight is 187 g/mol. The zero-order valence-corrected chi connectivity index (χ0v) is 8.20. The predicted molar refractivity (Wildman–Crippen MR) is 52.3 cm³/mol. The van der Waals surface area contributed by atoms with Crippen molar-refractivity contribution in [1.82, 2.24) is 0 Å². The second-order valence-corrected chi connectivity index (χ2v) is 5.30. The SMILES string of the molecule is NC1(C2(O)CCC2)CCCSC1. The van der Waals surface area contributed by atoms with Gasteiger partial charge in [-0.3, -0.25) is 0 Å². The highest BCUT2D eigenvalue weighted by Gasteiger charge is 2.51. The number of aliphatic hydroxyl groups is 1. The van der Waals surface area contributed by atoms with E-state index in [1.54, 1.807) is 0 Å². The molecule has 1 atom stereocenters. The smallest absolute Gasteiger partial charge is 0.0834 e. The summed E-state index contributed by atoms with van der Waals surface area (Å²) < 4.78 is 0. The largest absolute Gasteiger partial charge is 0.388 e. The molecule has 1 aliphatic carbocycles. The van der Waals surface area contributed by atoms with Gasteiger partial charge in [0.05, 0.1) is 11.1 Å². The van der Waals surface area contributed by atoms with Crippen molar-refractivity contribution in [3.8, 4) is 0 Å². The van der Waals surface area contributed by atoms with Crippen LogP contribution < -0.4 is 5.73 Å². The minimum atomic E-state index is -0.513. The Morgan fingerprint density at radius 3 is 2.33 bits per heavy atom. The van der Waals surface area contributed by atoms with Crippen LogP contribution in [0.15, 0.2) is 0 Å². The monoisotopic (exact) mass is 187 g/mol. The first-order valence-electron chi connectivity index (χ1n) is 4.75. The summed E-state index contributed by atoms with van der Waals surface area (Å²) in [7, 11) is 0. The van der Waals surface area contributed by atoms with E-state index in [0.717, 1.165) is 31.4 Å². The van der Waals surface area contributed by atoms with Gasteiger partial charge in [-0.1, -0.05) is 0 Å². The van der Waals surface area contributed by atoms with Crippen LogP contribution in [0.4, 0.5) is 0 Å². The minimum Gasteiger partial charge on any atom is -0.388 e. The van der Waals surface area contributed by atoms with Gasteiger partial charge in [-0.15, -0.1) is 0 Å². The molecule has 1 saturated heterocycles. The van der Waals surface area contributed by atoms with E-state index in [0.29, 0.717) is 0 Å². The Labute approximate surface area is 77.9 Å². The van der Waals surface area contributed by atoms with Crippen LogP contribution in [0.5, 0.6) is 0 Å². The lowest BCUT2D eigenvalue weighted by atomic mass is 9.66. The van der Waals surface area contributed by atoms with E-state index < -0.39 is 5.60 Å². The number of rotatable bonds is 1. The fourth-order valence-corrected chi connectivity index (χ4v) is 3.46. The molecule has 70 valence electrons. The Bertz CT molecular complexity index is 173. The third-order valence-corrected chi connectivity index (χ3v) is 4.68. The third-order valence-electron chi connectivity index (χ3n) is 3.38. The normalized spacial score (nSPS) is 40.5. The molecule has 1 aliphatic heterocycles. The molecule has 2 rings (SSSR count). The van der Waals surface area contributed by atoms with Crippen LogP contribution in [0, 0.1) is 0 Å². The van der Waals surface area contributed by atoms with E-state index in [1.165, 1.54) is 12.2 Å². The summed E-state index contributed by atoms with van der Waals surface area (Å²) in [6, 6.07) is 0. The van der Waals surface area contributed by atoms with Gasteiger partial charge < -0.3 is 10.8 Å². The molecule has 0 amide bonds. The summed E-state index contributed by atoms with van der Waals surface area (Å²) in [4.78, 5) is 0. The van der Waals surface area contributed by atoms with Gasteiger partial charge in [-0.2, -0.15) is 11.8 Å². The molecule has 0 aromatic rings. The van der Waals surface area contributed by atoms with Gasteiger partial charge in [0.1, 0.15) is 0 Å². The van der Waals surface area contributed by atoms with E-state index in [2.05, 4.69) is 0 Å². The molecule has 2 aliphatic rings. The fourth-order valence-electron chi connectivity index (χ4n) is 2.19. The van der Waals surface area contributed by atoms with Crippen molar-refractivity contribution in [1.29, 1.82) is 0 Å². The zero-order chi connectivity index (χ0) is 8.66. The maximum absolute atomic E-state index is 10.2. The van der Waals surface area contributed by atoms with Crippen LogP contribution in [-0.4, -0.2) is 27.8 Å². The van der Waals surface area contributed by atoms with E-state index in [4.69, 9.17) is 5.73 Å². The minimum absolute atomic E-state index is 0.270. The summed E-state index contributed by atoms with van der Waals surface area (Å²) in [5.41, 5.74) is 5.44. The molecule has 2 fully saturated rings. The molecule has 0 aromatic carbocycles. The molecule has 1 heterocycles. The van der Waals surface area contributed by atoms with Crippen molar-refractivity contribution in [3.05, 3.63) is 0 Å². The first-order valence-corrected chi connectivity index (χ1v) is 5.91. The lowest BCUT2D eigenvalue weighted by molar-refractivity contribution is -0.0930. The molecule has 3 heteroatoms. The predicted octanol–water partition coefficient (Wildman–Crippen LogP) is 1.13. The van der Waals surface area contributed by atoms with E-state index >= 15 is 0 Å². The van der Waals surface area contributed by atoms with Gasteiger partial charge in [0.2, 0.25) is 0 Å². The Morgan fingerprint density at radius 1 is 1.17 bits per heavy atom. The van der Waals surface area contributed by atoms with Crippen molar-refractivity contribution >= 4 is 11.8 Å². The quantitative estimate of drug-likeness (QED) is 0.647. The van der Waals surface area contributed by atoms with Gasteiger partial charge in [0.15, 0.2) is 0 Å². The Hall–Kier alpha value is 0.270. The molecule has 0 radical (unpaired) electrons. The summed E-state index contributed by atoms with van der Waals surface area (Å²) >= 11 is 1.89. The van der Waals surface area contributed by atoms with Crippen molar-refractivity contribution in [3.63, 3.8) is 0 Å². The fraction of sp³-hybridized carbons (Fsp3) is 1.00. The summed E-state index contributed by atoms with van der Waals surface area (Å²) in [5, 5.41) is 10.2. The van der Waals surface area contributed by atoms with Crippen LogP contribution in [0.3, 0.4) is 0 Å². The lowest BCUT2D eigenvalue weighted by Gasteiger charge is -2.52. The average Bonchev–Trinajstić information content (AvgIpc) is 2.01. The van der Waals surface area contributed by atoms with Gasteiger partial charge >= 0.3 is 0 Å². The highest BCUT2D eigenvalue weighted by Crippen LogP contribution is 2.44. The molecule has 1 unspecified atom stereocenters. The second-order valence-electron chi connectivity index (χ2n) is 4.20. The van der Waals surface area contributed by atoms with Gasteiger partial charge in [0.25, 0.3) is 0 Å². The zero-order valence-electron chi connectivity index (χ0n) is 7.38. The van der Waals surface area contributed by atoms with Gasteiger partial charge in [0, 0.05) is 5.75 Å². The molecular formula is C9H17NOS. The first-order chi connectivity index (χ1) is 5.66. The van der Waals surface area contributed by atoms with Crippen LogP contribution in [0.1, 0.15) is 32.1 Å². The molecule has 0 aromatic heterocycles. The van der Waals surface area contributed by atoms with Crippen LogP contribution >= 0.6 is 11.8 Å². The highest BCUT2D eigenvalue weighted by atomic mass is 32.2. The van der Waals surface area contributed by atoms with E-state index in [1.807, 2.05) is 11.8 Å². The second kappa shape index (κ2) is 2.89. The van der Waals surface area contributed by atoms with Crippen molar-refractivity contribution in [2.75, 3.05) is 11.5 Å². The van der Waals surface area contributed by atoms with Gasteiger partial charge in [-0.05, 0) is 37.9 Å². The number of thioether (sulfide) groups is 1. The molecule has 2 nitrogen and oxygen atoms in total. The maximum atomic E-state index is 10.2. The first kappa shape index (κ1) is 8.85. The highest BCUT2D eigenvalue weighted by molar-refractivity contribution is 7.99. The van der Waals surface area contributed by atoms with E-state index in [9.17, 15) is 5.11 Å². The molecular weight excluding hydrogens is 170 g/mol. The maximum Gasteiger partial charge on any atom is 0.0834 e. The topological polar surface area (TPSA) is 46.2 Å². The lowest BCUT2D eigenvalue weighted by Crippen LogP contribution is -2.66. The van der Waals surface area contributed by atoms with Gasteiger partial charge in [-0.25, -0.2) is 0 Å². The van der Waals surface area contributed by atoms with Crippen LogP contribution in [-0.2, 0) is 0 Å². The molecule has 1 saturated carbocycles. The van der Waals surface area contributed by atoms with Crippen molar-refractivity contribution < 1.29 is 5.11 Å². The van der Waals surface area contributed by atoms with Crippen molar-refractivity contribution in [2.45, 2.75) is 43.2 Å².